The highest BCUT2D eigenvalue weighted by Crippen LogP contribution is 2.17. The molecule has 0 aromatic carbocycles. The normalized spacial score (nSPS) is 20.5. The summed E-state index contributed by atoms with van der Waals surface area (Å²) in [6.45, 7) is 6.08. The molecule has 0 radical (unpaired) electrons. The Labute approximate surface area is 114 Å². The molecule has 1 unspecified atom stereocenters. The first-order chi connectivity index (χ1) is 9.00. The standard InChI is InChI=1S/C12H22N4O2S/c1-10(2)7-16(8-11-4-3-5-14-11)19(17,18)12-6-13-9-15-12/h6,9-11,14H,3-5,7-8H2,1-2H3,(H,13,15). The van der Waals surface area contributed by atoms with Crippen molar-refractivity contribution >= 4 is 10.0 Å². The number of H-pyrrole nitrogens is 1. The van der Waals surface area contributed by atoms with E-state index in [9.17, 15) is 8.42 Å². The van der Waals surface area contributed by atoms with Gasteiger partial charge < -0.3 is 10.3 Å². The molecule has 1 fully saturated rings. The highest BCUT2D eigenvalue weighted by atomic mass is 32.2. The van der Waals surface area contributed by atoms with Crippen LogP contribution in [0.5, 0.6) is 0 Å². The van der Waals surface area contributed by atoms with Crippen molar-refractivity contribution in [3.8, 4) is 0 Å². The van der Waals surface area contributed by atoms with Crippen LogP contribution in [0, 0.1) is 5.92 Å². The van der Waals surface area contributed by atoms with Crippen LogP contribution in [0.4, 0.5) is 0 Å². The van der Waals surface area contributed by atoms with Crippen molar-refractivity contribution < 1.29 is 8.42 Å². The molecule has 0 spiro atoms. The minimum Gasteiger partial charge on any atom is -0.335 e. The zero-order chi connectivity index (χ0) is 13.9. The van der Waals surface area contributed by atoms with Gasteiger partial charge in [0.15, 0.2) is 5.03 Å². The first kappa shape index (κ1) is 14.5. The van der Waals surface area contributed by atoms with Crippen LogP contribution >= 0.6 is 0 Å². The molecule has 108 valence electrons. The van der Waals surface area contributed by atoms with Gasteiger partial charge in [0.05, 0.1) is 12.5 Å². The molecule has 1 aromatic heterocycles. The molecule has 2 N–H and O–H groups in total. The molecule has 19 heavy (non-hydrogen) atoms. The molecule has 6 nitrogen and oxygen atoms in total. The Balaban J connectivity index is 2.16. The summed E-state index contributed by atoms with van der Waals surface area (Å²) in [5, 5.41) is 3.52. The van der Waals surface area contributed by atoms with Crippen molar-refractivity contribution in [2.45, 2.75) is 37.8 Å². The summed E-state index contributed by atoms with van der Waals surface area (Å²) in [5.74, 6) is 0.291. The molecule has 2 heterocycles. The molecule has 1 aromatic rings. The van der Waals surface area contributed by atoms with Crippen LogP contribution in [-0.4, -0.2) is 48.4 Å². The van der Waals surface area contributed by atoms with E-state index in [1.165, 1.54) is 12.5 Å². The van der Waals surface area contributed by atoms with Crippen molar-refractivity contribution in [1.82, 2.24) is 19.6 Å². The van der Waals surface area contributed by atoms with Crippen LogP contribution in [0.2, 0.25) is 0 Å². The third-order valence-corrected chi connectivity index (χ3v) is 5.00. The quantitative estimate of drug-likeness (QED) is 0.811. The van der Waals surface area contributed by atoms with Gasteiger partial charge in [-0.1, -0.05) is 13.8 Å². The van der Waals surface area contributed by atoms with E-state index in [0.29, 0.717) is 19.0 Å². The Morgan fingerprint density at radius 2 is 2.32 bits per heavy atom. The number of aromatic amines is 1. The van der Waals surface area contributed by atoms with Crippen LogP contribution in [0.3, 0.4) is 0 Å². The van der Waals surface area contributed by atoms with E-state index >= 15 is 0 Å². The van der Waals surface area contributed by atoms with Crippen LogP contribution in [0.1, 0.15) is 26.7 Å². The molecule has 1 atom stereocenters. The number of imidazole rings is 1. The molecular formula is C12H22N4O2S. The van der Waals surface area contributed by atoms with E-state index in [-0.39, 0.29) is 11.1 Å². The summed E-state index contributed by atoms with van der Waals surface area (Å²) in [7, 11) is -3.46. The number of sulfonamides is 1. The van der Waals surface area contributed by atoms with Crippen LogP contribution < -0.4 is 5.32 Å². The summed E-state index contributed by atoms with van der Waals surface area (Å²) in [4.78, 5) is 6.50. The highest BCUT2D eigenvalue weighted by molar-refractivity contribution is 7.89. The number of rotatable bonds is 6. The minimum atomic E-state index is -3.46. The zero-order valence-electron chi connectivity index (χ0n) is 11.5. The largest absolute Gasteiger partial charge is 0.335 e. The van der Waals surface area contributed by atoms with Gasteiger partial charge in [0.2, 0.25) is 0 Å². The molecule has 1 aliphatic heterocycles. The SMILES string of the molecule is CC(C)CN(CC1CCCN1)S(=O)(=O)c1cnc[nH]1. The topological polar surface area (TPSA) is 78.1 Å². The Hall–Kier alpha value is -0.920. The molecule has 0 bridgehead atoms. The van der Waals surface area contributed by atoms with Gasteiger partial charge in [-0.25, -0.2) is 13.4 Å². The van der Waals surface area contributed by atoms with Gasteiger partial charge in [-0.05, 0) is 25.3 Å². The summed E-state index contributed by atoms with van der Waals surface area (Å²) in [5.41, 5.74) is 0. The lowest BCUT2D eigenvalue weighted by molar-refractivity contribution is 0.335. The zero-order valence-corrected chi connectivity index (χ0v) is 12.3. The first-order valence-corrected chi connectivity index (χ1v) is 8.16. The summed E-state index contributed by atoms with van der Waals surface area (Å²) in [6, 6.07) is 0.261. The van der Waals surface area contributed by atoms with Gasteiger partial charge in [0, 0.05) is 19.1 Å². The van der Waals surface area contributed by atoms with Crippen LogP contribution in [-0.2, 0) is 10.0 Å². The molecule has 1 saturated heterocycles. The maximum Gasteiger partial charge on any atom is 0.260 e. The average Bonchev–Trinajstić information content (AvgIpc) is 3.00. The monoisotopic (exact) mass is 286 g/mol. The molecule has 0 amide bonds. The summed E-state index contributed by atoms with van der Waals surface area (Å²) >= 11 is 0. The van der Waals surface area contributed by atoms with Crippen LogP contribution in [0.15, 0.2) is 17.6 Å². The van der Waals surface area contributed by atoms with Crippen molar-refractivity contribution in [2.24, 2.45) is 5.92 Å². The Morgan fingerprint density at radius 3 is 2.84 bits per heavy atom. The van der Waals surface area contributed by atoms with E-state index in [1.54, 1.807) is 4.31 Å². The van der Waals surface area contributed by atoms with E-state index in [4.69, 9.17) is 0 Å². The molecule has 0 aliphatic carbocycles. The molecular weight excluding hydrogens is 264 g/mol. The lowest BCUT2D eigenvalue weighted by atomic mass is 10.2. The fraction of sp³-hybridized carbons (Fsp3) is 0.750. The van der Waals surface area contributed by atoms with Crippen molar-refractivity contribution in [2.75, 3.05) is 19.6 Å². The number of nitrogens with one attached hydrogen (secondary N) is 2. The van der Waals surface area contributed by atoms with Gasteiger partial charge in [-0.15, -0.1) is 0 Å². The summed E-state index contributed by atoms with van der Waals surface area (Å²) in [6.07, 6.45) is 4.91. The number of nitrogens with zero attached hydrogens (tertiary/aromatic N) is 2. The van der Waals surface area contributed by atoms with Gasteiger partial charge in [-0.3, -0.25) is 0 Å². The molecule has 7 heteroatoms. The molecule has 0 saturated carbocycles. The third kappa shape index (κ3) is 3.55. The van der Waals surface area contributed by atoms with Gasteiger partial charge >= 0.3 is 0 Å². The maximum atomic E-state index is 12.5. The second kappa shape index (κ2) is 6.02. The smallest absolute Gasteiger partial charge is 0.260 e. The van der Waals surface area contributed by atoms with E-state index in [2.05, 4.69) is 15.3 Å². The third-order valence-electron chi connectivity index (χ3n) is 3.25. The lowest BCUT2D eigenvalue weighted by Gasteiger charge is -2.26. The van der Waals surface area contributed by atoms with Gasteiger partial charge in [0.1, 0.15) is 0 Å². The number of hydrogen-bond acceptors (Lipinski definition) is 4. The second-order valence-electron chi connectivity index (χ2n) is 5.43. The average molecular weight is 286 g/mol. The number of hydrogen-bond donors (Lipinski definition) is 2. The number of aromatic nitrogens is 2. The van der Waals surface area contributed by atoms with Crippen molar-refractivity contribution in [3.63, 3.8) is 0 Å². The van der Waals surface area contributed by atoms with E-state index in [1.807, 2.05) is 13.8 Å². The van der Waals surface area contributed by atoms with Gasteiger partial charge in [-0.2, -0.15) is 4.31 Å². The summed E-state index contributed by atoms with van der Waals surface area (Å²) < 4.78 is 26.7. The van der Waals surface area contributed by atoms with Crippen molar-refractivity contribution in [1.29, 1.82) is 0 Å². The minimum absolute atomic E-state index is 0.172. The van der Waals surface area contributed by atoms with E-state index < -0.39 is 10.0 Å². The Morgan fingerprint density at radius 1 is 1.53 bits per heavy atom. The lowest BCUT2D eigenvalue weighted by Crippen LogP contribution is -2.42. The van der Waals surface area contributed by atoms with E-state index in [0.717, 1.165) is 19.4 Å². The highest BCUT2D eigenvalue weighted by Gasteiger charge is 2.29. The predicted molar refractivity (Wildman–Crippen MR) is 73.2 cm³/mol. The maximum absolute atomic E-state index is 12.5. The second-order valence-corrected chi connectivity index (χ2v) is 7.33. The Kier molecular flexibility index (Phi) is 4.59. The Bertz CT molecular complexity index is 478. The van der Waals surface area contributed by atoms with Gasteiger partial charge in [0.25, 0.3) is 10.0 Å². The fourth-order valence-corrected chi connectivity index (χ4v) is 3.90. The van der Waals surface area contributed by atoms with Crippen molar-refractivity contribution in [3.05, 3.63) is 12.5 Å². The fourth-order valence-electron chi connectivity index (χ4n) is 2.36. The predicted octanol–water partition coefficient (Wildman–Crippen LogP) is 0.808. The molecule has 2 rings (SSSR count). The first-order valence-electron chi connectivity index (χ1n) is 6.72. The molecule has 1 aliphatic rings. The van der Waals surface area contributed by atoms with Crippen LogP contribution in [0.25, 0.3) is 0 Å².